The smallest absolute Gasteiger partial charge is 0.240 e. The van der Waals surface area contributed by atoms with Crippen molar-refractivity contribution in [3.05, 3.63) is 17.4 Å². The fraction of sp³-hybridized carbons (Fsp3) is 0.444. The van der Waals surface area contributed by atoms with Gasteiger partial charge in [0, 0.05) is 0 Å². The zero-order chi connectivity index (χ0) is 11.4. The van der Waals surface area contributed by atoms with Crippen molar-refractivity contribution >= 4 is 23.5 Å². The van der Waals surface area contributed by atoms with E-state index in [0.717, 1.165) is 0 Å². The molecule has 0 radical (unpaired) electrons. The molecule has 0 spiro atoms. The van der Waals surface area contributed by atoms with Crippen molar-refractivity contribution in [3.8, 4) is 0 Å². The summed E-state index contributed by atoms with van der Waals surface area (Å²) in [6, 6.07) is -0.480. The number of nitrogens with zero attached hydrogens (tertiary/aromatic N) is 2. The summed E-state index contributed by atoms with van der Waals surface area (Å²) >= 11 is 5.63. The molecule has 0 aliphatic carbocycles. The lowest BCUT2D eigenvalue weighted by molar-refractivity contribution is -0.119. The van der Waals surface area contributed by atoms with Gasteiger partial charge in [0.1, 0.15) is 6.04 Å². The number of primary amides is 1. The highest BCUT2D eigenvalue weighted by Crippen LogP contribution is 2.10. The number of anilines is 1. The molecule has 6 heteroatoms. The first kappa shape index (κ1) is 11.7. The Balaban J connectivity index is 2.74. The second-order valence-corrected chi connectivity index (χ2v) is 3.93. The Morgan fingerprint density at radius 2 is 2.00 bits per heavy atom. The summed E-state index contributed by atoms with van der Waals surface area (Å²) in [6.45, 7) is 3.77. The number of hydrogen-bond acceptors (Lipinski definition) is 4. The predicted octanol–water partition coefficient (Wildman–Crippen LogP) is 1.05. The van der Waals surface area contributed by atoms with E-state index in [1.165, 1.54) is 12.4 Å². The Morgan fingerprint density at radius 3 is 2.40 bits per heavy atom. The van der Waals surface area contributed by atoms with E-state index in [-0.39, 0.29) is 5.92 Å². The van der Waals surface area contributed by atoms with E-state index < -0.39 is 11.9 Å². The number of aromatic nitrogens is 2. The van der Waals surface area contributed by atoms with Crippen LogP contribution in [0.4, 0.5) is 5.95 Å². The summed E-state index contributed by atoms with van der Waals surface area (Å²) in [5, 5.41) is 3.29. The molecule has 0 fully saturated rings. The molecule has 0 aliphatic heterocycles. The molecule has 82 valence electrons. The molecule has 1 amide bonds. The van der Waals surface area contributed by atoms with Crippen LogP contribution in [0.15, 0.2) is 12.4 Å². The molecule has 1 aromatic heterocycles. The summed E-state index contributed by atoms with van der Waals surface area (Å²) in [5.74, 6) is -0.0118. The van der Waals surface area contributed by atoms with Crippen molar-refractivity contribution < 1.29 is 4.79 Å². The van der Waals surface area contributed by atoms with E-state index in [9.17, 15) is 4.79 Å². The number of nitrogens with one attached hydrogen (secondary N) is 1. The fourth-order valence-electron chi connectivity index (χ4n) is 1.09. The largest absolute Gasteiger partial charge is 0.368 e. The van der Waals surface area contributed by atoms with E-state index in [1.54, 1.807) is 0 Å². The van der Waals surface area contributed by atoms with Crippen LogP contribution >= 0.6 is 11.6 Å². The Hall–Kier alpha value is -1.36. The molecule has 1 atom stereocenters. The molecule has 1 unspecified atom stereocenters. The number of carbonyl (C=O) groups excluding carboxylic acids is 1. The van der Waals surface area contributed by atoms with Crippen molar-refractivity contribution in [1.82, 2.24) is 9.97 Å². The van der Waals surface area contributed by atoms with Gasteiger partial charge in [0.25, 0.3) is 0 Å². The lowest BCUT2D eigenvalue weighted by atomic mass is 10.0. The highest BCUT2D eigenvalue weighted by Gasteiger charge is 2.19. The number of rotatable bonds is 4. The zero-order valence-corrected chi connectivity index (χ0v) is 9.32. The zero-order valence-electron chi connectivity index (χ0n) is 8.57. The van der Waals surface area contributed by atoms with E-state index in [4.69, 9.17) is 17.3 Å². The van der Waals surface area contributed by atoms with Gasteiger partial charge in [0.15, 0.2) is 0 Å². The van der Waals surface area contributed by atoms with Crippen LogP contribution in [0.1, 0.15) is 13.8 Å². The first-order valence-corrected chi connectivity index (χ1v) is 4.92. The van der Waals surface area contributed by atoms with Crippen molar-refractivity contribution in [3.63, 3.8) is 0 Å². The maximum Gasteiger partial charge on any atom is 0.240 e. The number of hydrogen-bond donors (Lipinski definition) is 2. The third kappa shape index (κ3) is 3.36. The van der Waals surface area contributed by atoms with Gasteiger partial charge in [0.05, 0.1) is 17.4 Å². The van der Waals surface area contributed by atoms with Crippen LogP contribution in [0, 0.1) is 5.92 Å². The van der Waals surface area contributed by atoms with Crippen LogP contribution < -0.4 is 11.1 Å². The van der Waals surface area contributed by atoms with Gasteiger partial charge in [-0.1, -0.05) is 25.4 Å². The minimum atomic E-state index is -0.480. The first-order valence-electron chi connectivity index (χ1n) is 4.54. The van der Waals surface area contributed by atoms with E-state index in [2.05, 4.69) is 15.3 Å². The summed E-state index contributed by atoms with van der Waals surface area (Å²) in [5.41, 5.74) is 5.23. The number of halogens is 1. The maximum atomic E-state index is 11.1. The van der Waals surface area contributed by atoms with Crippen LogP contribution in [0.25, 0.3) is 0 Å². The van der Waals surface area contributed by atoms with Gasteiger partial charge in [-0.15, -0.1) is 0 Å². The summed E-state index contributed by atoms with van der Waals surface area (Å²) in [6.07, 6.45) is 2.91. The molecular weight excluding hydrogens is 216 g/mol. The standard InChI is InChI=1S/C9H13ClN4O/c1-5(2)7(8(11)15)14-9-12-3-6(10)4-13-9/h3-5,7H,1-2H3,(H2,11,15)(H,12,13,14). The Morgan fingerprint density at radius 1 is 1.47 bits per heavy atom. The molecule has 3 N–H and O–H groups in total. The average Bonchev–Trinajstić information content (AvgIpc) is 2.15. The molecule has 0 aromatic carbocycles. The van der Waals surface area contributed by atoms with Crippen molar-refractivity contribution in [2.24, 2.45) is 11.7 Å². The fourth-order valence-corrected chi connectivity index (χ4v) is 1.19. The van der Waals surface area contributed by atoms with Gasteiger partial charge in [0.2, 0.25) is 11.9 Å². The topological polar surface area (TPSA) is 80.9 Å². The molecule has 15 heavy (non-hydrogen) atoms. The van der Waals surface area contributed by atoms with Gasteiger partial charge in [-0.3, -0.25) is 4.79 Å². The SMILES string of the molecule is CC(C)C(Nc1ncc(Cl)cn1)C(N)=O. The van der Waals surface area contributed by atoms with Crippen LogP contribution in [-0.2, 0) is 4.79 Å². The Kier molecular flexibility index (Phi) is 3.85. The highest BCUT2D eigenvalue weighted by atomic mass is 35.5. The predicted molar refractivity (Wildman–Crippen MR) is 58.5 cm³/mol. The molecule has 0 saturated carbocycles. The van der Waals surface area contributed by atoms with Crippen LogP contribution in [0.5, 0.6) is 0 Å². The Bertz CT molecular complexity index is 338. The van der Waals surface area contributed by atoms with Crippen LogP contribution in [0.2, 0.25) is 5.02 Å². The molecule has 5 nitrogen and oxygen atoms in total. The monoisotopic (exact) mass is 228 g/mol. The second kappa shape index (κ2) is 4.93. The van der Waals surface area contributed by atoms with Crippen molar-refractivity contribution in [2.75, 3.05) is 5.32 Å². The number of amides is 1. The minimum Gasteiger partial charge on any atom is -0.368 e. The lowest BCUT2D eigenvalue weighted by Crippen LogP contribution is -2.40. The highest BCUT2D eigenvalue weighted by molar-refractivity contribution is 6.30. The third-order valence-electron chi connectivity index (χ3n) is 1.88. The summed E-state index contributed by atoms with van der Waals surface area (Å²) in [4.78, 5) is 18.9. The summed E-state index contributed by atoms with van der Waals surface area (Å²) in [7, 11) is 0. The maximum absolute atomic E-state index is 11.1. The number of carbonyl (C=O) groups is 1. The van der Waals surface area contributed by atoms with E-state index >= 15 is 0 Å². The van der Waals surface area contributed by atoms with E-state index in [1.807, 2.05) is 13.8 Å². The van der Waals surface area contributed by atoms with Gasteiger partial charge >= 0.3 is 0 Å². The van der Waals surface area contributed by atoms with Crippen molar-refractivity contribution in [1.29, 1.82) is 0 Å². The molecule has 1 rings (SSSR count). The van der Waals surface area contributed by atoms with Gasteiger partial charge in [-0.2, -0.15) is 0 Å². The Labute approximate surface area is 93.0 Å². The molecule has 1 aromatic rings. The van der Waals surface area contributed by atoms with Gasteiger partial charge in [-0.25, -0.2) is 9.97 Å². The number of nitrogens with two attached hydrogens (primary N) is 1. The summed E-state index contributed by atoms with van der Waals surface area (Å²) < 4.78 is 0. The van der Waals surface area contributed by atoms with Crippen molar-refractivity contribution in [2.45, 2.75) is 19.9 Å². The minimum absolute atomic E-state index is 0.0711. The van der Waals surface area contributed by atoms with E-state index in [0.29, 0.717) is 11.0 Å². The molecular formula is C9H13ClN4O. The molecule has 0 bridgehead atoms. The van der Waals surface area contributed by atoms with Gasteiger partial charge < -0.3 is 11.1 Å². The lowest BCUT2D eigenvalue weighted by Gasteiger charge is -2.18. The van der Waals surface area contributed by atoms with Crippen LogP contribution in [-0.4, -0.2) is 21.9 Å². The van der Waals surface area contributed by atoms with Gasteiger partial charge in [-0.05, 0) is 5.92 Å². The first-order chi connectivity index (χ1) is 7.00. The molecule has 0 aliphatic rings. The second-order valence-electron chi connectivity index (χ2n) is 3.49. The third-order valence-corrected chi connectivity index (χ3v) is 2.07. The molecule has 0 saturated heterocycles. The molecule has 1 heterocycles. The normalized spacial score (nSPS) is 12.5. The average molecular weight is 229 g/mol. The van der Waals surface area contributed by atoms with Crippen LogP contribution in [0.3, 0.4) is 0 Å². The quantitative estimate of drug-likeness (QED) is 0.807.